The van der Waals surface area contributed by atoms with E-state index in [1.807, 2.05) is 0 Å². The summed E-state index contributed by atoms with van der Waals surface area (Å²) < 4.78 is 10.2. The monoisotopic (exact) mass is 268 g/mol. The van der Waals surface area contributed by atoms with Gasteiger partial charge in [-0.3, -0.25) is 9.59 Å². The second-order valence-electron chi connectivity index (χ2n) is 4.10. The van der Waals surface area contributed by atoms with Crippen molar-refractivity contribution in [2.75, 3.05) is 6.79 Å². The second-order valence-corrected chi connectivity index (χ2v) is 4.10. The maximum Gasteiger partial charge on any atom is 0.310 e. The summed E-state index contributed by atoms with van der Waals surface area (Å²) in [7, 11) is 0. The Kier molecular flexibility index (Phi) is 3.57. The molecule has 0 amide bonds. The summed E-state index contributed by atoms with van der Waals surface area (Å²) in [6, 6.07) is 4.47. The molecular formula is C12H12O7. The van der Waals surface area contributed by atoms with Gasteiger partial charge in [-0.25, -0.2) is 0 Å². The first-order chi connectivity index (χ1) is 8.99. The van der Waals surface area contributed by atoms with Gasteiger partial charge in [-0.1, -0.05) is 6.07 Å². The molecule has 0 fully saturated rings. The summed E-state index contributed by atoms with van der Waals surface area (Å²) >= 11 is 0. The molecule has 2 atom stereocenters. The Morgan fingerprint density at radius 2 is 1.89 bits per heavy atom. The second kappa shape index (κ2) is 5.15. The molecule has 0 radical (unpaired) electrons. The molecule has 7 nitrogen and oxygen atoms in total. The number of hydrogen-bond acceptors (Lipinski definition) is 5. The lowest BCUT2D eigenvalue weighted by molar-refractivity contribution is -0.152. The number of hydrogen-bond donors (Lipinski definition) is 3. The number of carboxylic acids is 2. The number of carboxylic acid groups (broad SMARTS) is 2. The van der Waals surface area contributed by atoms with Crippen LogP contribution in [0.25, 0.3) is 0 Å². The molecular weight excluding hydrogens is 256 g/mol. The highest BCUT2D eigenvalue weighted by molar-refractivity contribution is 5.78. The highest BCUT2D eigenvalue weighted by Crippen LogP contribution is 2.36. The van der Waals surface area contributed by atoms with Gasteiger partial charge in [0.25, 0.3) is 0 Å². The zero-order valence-corrected chi connectivity index (χ0v) is 9.78. The maximum atomic E-state index is 11.0. The van der Waals surface area contributed by atoms with Gasteiger partial charge in [0.2, 0.25) is 6.79 Å². The van der Waals surface area contributed by atoms with Crippen LogP contribution in [0.3, 0.4) is 0 Å². The molecule has 3 N–H and O–H groups in total. The number of aliphatic hydroxyl groups is 1. The van der Waals surface area contributed by atoms with E-state index in [1.165, 1.54) is 12.1 Å². The topological polar surface area (TPSA) is 113 Å². The van der Waals surface area contributed by atoms with E-state index in [0.29, 0.717) is 11.5 Å². The quantitative estimate of drug-likeness (QED) is 0.717. The molecule has 0 spiro atoms. The van der Waals surface area contributed by atoms with Gasteiger partial charge in [0.05, 0.1) is 18.4 Å². The van der Waals surface area contributed by atoms with Crippen LogP contribution in [0.5, 0.6) is 11.5 Å². The number of aliphatic hydroxyl groups excluding tert-OH is 1. The average molecular weight is 268 g/mol. The maximum absolute atomic E-state index is 11.0. The van der Waals surface area contributed by atoms with Crippen LogP contribution in [0, 0.1) is 5.92 Å². The standard InChI is InChI=1S/C12H12O7/c13-10(14)4-7(12(16)17)11(15)6-1-2-8-9(3-6)19-5-18-8/h1-3,7,11,15H,4-5H2,(H,13,14)(H,16,17). The van der Waals surface area contributed by atoms with Crippen molar-refractivity contribution < 1.29 is 34.4 Å². The zero-order valence-electron chi connectivity index (χ0n) is 9.78. The summed E-state index contributed by atoms with van der Waals surface area (Å²) in [5, 5.41) is 27.6. The minimum absolute atomic E-state index is 0.0619. The summed E-state index contributed by atoms with van der Waals surface area (Å²) in [6.45, 7) is 0.0619. The molecule has 1 aromatic rings. The van der Waals surface area contributed by atoms with Gasteiger partial charge < -0.3 is 24.8 Å². The molecule has 102 valence electrons. The molecule has 1 aromatic carbocycles. The van der Waals surface area contributed by atoms with Crippen LogP contribution in [-0.2, 0) is 9.59 Å². The normalized spacial score (nSPS) is 15.8. The van der Waals surface area contributed by atoms with Gasteiger partial charge in [-0.2, -0.15) is 0 Å². The van der Waals surface area contributed by atoms with Crippen LogP contribution >= 0.6 is 0 Å². The molecule has 1 aliphatic heterocycles. The Morgan fingerprint density at radius 1 is 1.21 bits per heavy atom. The molecule has 1 heterocycles. The van der Waals surface area contributed by atoms with E-state index < -0.39 is 30.4 Å². The smallest absolute Gasteiger partial charge is 0.310 e. The summed E-state index contributed by atoms with van der Waals surface area (Å²) in [6.07, 6.45) is -2.09. The number of carbonyl (C=O) groups is 2. The highest BCUT2D eigenvalue weighted by atomic mass is 16.7. The van der Waals surface area contributed by atoms with E-state index in [2.05, 4.69) is 0 Å². The van der Waals surface area contributed by atoms with Crippen molar-refractivity contribution in [3.63, 3.8) is 0 Å². The first kappa shape index (κ1) is 13.2. The lowest BCUT2D eigenvalue weighted by atomic mass is 9.93. The van der Waals surface area contributed by atoms with E-state index >= 15 is 0 Å². The van der Waals surface area contributed by atoms with Crippen LogP contribution in [-0.4, -0.2) is 34.1 Å². The Labute approximate surface area is 108 Å². The van der Waals surface area contributed by atoms with Crippen molar-refractivity contribution >= 4 is 11.9 Å². The lowest BCUT2D eigenvalue weighted by Gasteiger charge is -2.18. The van der Waals surface area contributed by atoms with Crippen LogP contribution in [0.15, 0.2) is 18.2 Å². The van der Waals surface area contributed by atoms with Gasteiger partial charge in [-0.15, -0.1) is 0 Å². The number of aliphatic carboxylic acids is 2. The van der Waals surface area contributed by atoms with Gasteiger partial charge >= 0.3 is 11.9 Å². The molecule has 0 saturated carbocycles. The third kappa shape index (κ3) is 2.76. The first-order valence-corrected chi connectivity index (χ1v) is 5.51. The van der Waals surface area contributed by atoms with Crippen molar-refractivity contribution in [2.45, 2.75) is 12.5 Å². The fourth-order valence-electron chi connectivity index (χ4n) is 1.85. The van der Waals surface area contributed by atoms with Crippen LogP contribution in [0.1, 0.15) is 18.1 Å². The van der Waals surface area contributed by atoms with Crippen LogP contribution < -0.4 is 9.47 Å². The summed E-state index contributed by atoms with van der Waals surface area (Å²) in [5.41, 5.74) is 0.276. The number of rotatable bonds is 5. The molecule has 0 bridgehead atoms. The van der Waals surface area contributed by atoms with Crippen molar-refractivity contribution in [2.24, 2.45) is 5.92 Å². The Balaban J connectivity index is 2.23. The van der Waals surface area contributed by atoms with Crippen molar-refractivity contribution in [1.29, 1.82) is 0 Å². The minimum atomic E-state index is -1.43. The van der Waals surface area contributed by atoms with Crippen LogP contribution in [0.4, 0.5) is 0 Å². The molecule has 19 heavy (non-hydrogen) atoms. The molecule has 0 aliphatic carbocycles. The van der Waals surface area contributed by atoms with E-state index in [4.69, 9.17) is 19.7 Å². The molecule has 2 unspecified atom stereocenters. The van der Waals surface area contributed by atoms with Crippen molar-refractivity contribution in [3.05, 3.63) is 23.8 Å². The number of fused-ring (bicyclic) bond motifs is 1. The molecule has 2 rings (SSSR count). The average Bonchev–Trinajstić information content (AvgIpc) is 2.81. The van der Waals surface area contributed by atoms with E-state index in [1.54, 1.807) is 6.07 Å². The SMILES string of the molecule is O=C(O)CC(C(=O)O)C(O)c1ccc2c(c1)OCO2. The highest BCUT2D eigenvalue weighted by Gasteiger charge is 2.31. The predicted octanol–water partition coefficient (Wildman–Crippen LogP) is 0.624. The minimum Gasteiger partial charge on any atom is -0.481 e. The number of ether oxygens (including phenoxy) is 2. The Morgan fingerprint density at radius 3 is 2.53 bits per heavy atom. The van der Waals surface area contributed by atoms with Crippen molar-refractivity contribution in [3.8, 4) is 11.5 Å². The van der Waals surface area contributed by atoms with Crippen LogP contribution in [0.2, 0.25) is 0 Å². The Bertz CT molecular complexity index is 511. The molecule has 1 aliphatic rings. The third-order valence-electron chi connectivity index (χ3n) is 2.83. The van der Waals surface area contributed by atoms with E-state index in [-0.39, 0.29) is 12.4 Å². The first-order valence-electron chi connectivity index (χ1n) is 5.51. The lowest BCUT2D eigenvalue weighted by Crippen LogP contribution is -2.24. The van der Waals surface area contributed by atoms with E-state index in [9.17, 15) is 14.7 Å². The third-order valence-corrected chi connectivity index (χ3v) is 2.83. The van der Waals surface area contributed by atoms with Gasteiger partial charge in [-0.05, 0) is 17.7 Å². The fraction of sp³-hybridized carbons (Fsp3) is 0.333. The Hall–Kier alpha value is -2.28. The van der Waals surface area contributed by atoms with Gasteiger partial charge in [0, 0.05) is 0 Å². The zero-order chi connectivity index (χ0) is 14.0. The van der Waals surface area contributed by atoms with Gasteiger partial charge in [0.15, 0.2) is 11.5 Å². The largest absolute Gasteiger partial charge is 0.481 e. The van der Waals surface area contributed by atoms with E-state index in [0.717, 1.165) is 0 Å². The number of benzene rings is 1. The molecule has 0 aromatic heterocycles. The molecule has 0 saturated heterocycles. The summed E-state index contributed by atoms with van der Waals surface area (Å²) in [5.74, 6) is -3.17. The fourth-order valence-corrected chi connectivity index (χ4v) is 1.85. The predicted molar refractivity (Wildman–Crippen MR) is 60.9 cm³/mol. The molecule has 7 heteroatoms. The van der Waals surface area contributed by atoms with Gasteiger partial charge in [0.1, 0.15) is 0 Å². The van der Waals surface area contributed by atoms with Crippen molar-refractivity contribution in [1.82, 2.24) is 0 Å². The summed E-state index contributed by atoms with van der Waals surface area (Å²) in [4.78, 5) is 21.6.